The number of nitriles is 1. The van der Waals surface area contributed by atoms with Gasteiger partial charge in [0.05, 0.1) is 25.2 Å². The predicted molar refractivity (Wildman–Crippen MR) is 59.9 cm³/mol. The second kappa shape index (κ2) is 5.89. The summed E-state index contributed by atoms with van der Waals surface area (Å²) in [4.78, 5) is 15.1. The van der Waals surface area contributed by atoms with Crippen LogP contribution in [-0.2, 0) is 4.74 Å². The molecule has 1 aromatic heterocycles. The quantitative estimate of drug-likeness (QED) is 0.597. The third-order valence-electron chi connectivity index (χ3n) is 1.79. The lowest BCUT2D eigenvalue weighted by atomic mass is 10.2. The Hall–Kier alpha value is -1.86. The normalized spacial score (nSPS) is 10.1. The molecule has 0 aliphatic carbocycles. The maximum Gasteiger partial charge on any atom is 0.339 e. The number of allylic oxidation sites excluding steroid dienone is 1. The molecule has 0 aliphatic rings. The van der Waals surface area contributed by atoms with Gasteiger partial charge in [-0.05, 0) is 6.07 Å². The summed E-state index contributed by atoms with van der Waals surface area (Å²) in [6.07, 6.45) is 4.91. The van der Waals surface area contributed by atoms with Gasteiger partial charge in [-0.3, -0.25) is 0 Å². The molecule has 16 heavy (non-hydrogen) atoms. The molecule has 0 aliphatic heterocycles. The zero-order valence-corrected chi connectivity index (χ0v) is 9.36. The molecule has 0 radical (unpaired) electrons. The maximum atomic E-state index is 11.2. The van der Waals surface area contributed by atoms with Crippen LogP contribution in [0.15, 0.2) is 18.3 Å². The number of carbonyl (C=O) groups excluding carboxylic acids is 1. The highest BCUT2D eigenvalue weighted by Crippen LogP contribution is 2.16. The second-order valence-electron chi connectivity index (χ2n) is 2.86. The van der Waals surface area contributed by atoms with Crippen LogP contribution in [-0.4, -0.2) is 18.1 Å². The van der Waals surface area contributed by atoms with Crippen molar-refractivity contribution >= 4 is 23.6 Å². The first-order chi connectivity index (χ1) is 7.69. The predicted octanol–water partition coefficient (Wildman–Crippen LogP) is 2.45. The van der Waals surface area contributed by atoms with Crippen LogP contribution in [0.25, 0.3) is 6.08 Å². The van der Waals surface area contributed by atoms with Crippen molar-refractivity contribution in [3.05, 3.63) is 34.6 Å². The maximum absolute atomic E-state index is 11.2. The van der Waals surface area contributed by atoms with Gasteiger partial charge in [-0.25, -0.2) is 9.78 Å². The number of hydrogen-bond donors (Lipinski definition) is 0. The van der Waals surface area contributed by atoms with E-state index in [1.54, 1.807) is 18.2 Å². The highest BCUT2D eigenvalue weighted by molar-refractivity contribution is 6.30. The van der Waals surface area contributed by atoms with Crippen LogP contribution >= 0.6 is 11.6 Å². The summed E-state index contributed by atoms with van der Waals surface area (Å²) in [5, 5.41) is 8.65. The molecular weight excluding hydrogens is 228 g/mol. The number of ether oxygens (including phenoxy) is 1. The Morgan fingerprint density at radius 1 is 1.75 bits per heavy atom. The minimum absolute atomic E-state index is 0.277. The van der Waals surface area contributed by atoms with E-state index in [4.69, 9.17) is 16.9 Å². The number of halogens is 1. The molecule has 0 fully saturated rings. The molecule has 0 saturated carbocycles. The van der Waals surface area contributed by atoms with E-state index < -0.39 is 5.97 Å². The monoisotopic (exact) mass is 236 g/mol. The number of aromatic nitrogens is 1. The van der Waals surface area contributed by atoms with Gasteiger partial charge in [-0.1, -0.05) is 23.8 Å². The van der Waals surface area contributed by atoms with Crippen LogP contribution in [0.5, 0.6) is 0 Å². The van der Waals surface area contributed by atoms with Crippen molar-refractivity contribution in [1.29, 1.82) is 5.26 Å². The number of pyridine rings is 1. The highest BCUT2D eigenvalue weighted by atomic mass is 35.5. The third-order valence-corrected chi connectivity index (χ3v) is 2.11. The Balaban J connectivity index is 3.00. The van der Waals surface area contributed by atoms with Crippen molar-refractivity contribution in [2.24, 2.45) is 0 Å². The molecular formula is C11H9ClN2O2. The van der Waals surface area contributed by atoms with Crippen molar-refractivity contribution in [2.45, 2.75) is 6.42 Å². The topological polar surface area (TPSA) is 63.0 Å². The van der Waals surface area contributed by atoms with E-state index in [-0.39, 0.29) is 11.6 Å². The Labute approximate surface area is 98.1 Å². The van der Waals surface area contributed by atoms with Crippen LogP contribution in [0.1, 0.15) is 22.3 Å². The summed E-state index contributed by atoms with van der Waals surface area (Å²) in [7, 11) is 1.29. The summed E-state index contributed by atoms with van der Waals surface area (Å²) in [6.45, 7) is 0. The first-order valence-corrected chi connectivity index (χ1v) is 4.84. The van der Waals surface area contributed by atoms with Crippen LogP contribution in [0, 0.1) is 11.3 Å². The van der Waals surface area contributed by atoms with Crippen molar-refractivity contribution in [2.75, 3.05) is 7.11 Å². The van der Waals surface area contributed by atoms with E-state index in [9.17, 15) is 4.79 Å². The van der Waals surface area contributed by atoms with Gasteiger partial charge in [-0.15, -0.1) is 0 Å². The summed E-state index contributed by atoms with van der Waals surface area (Å²) in [5.41, 5.74) is 0.906. The lowest BCUT2D eigenvalue weighted by Crippen LogP contribution is -2.02. The molecule has 0 amide bonds. The fourth-order valence-corrected chi connectivity index (χ4v) is 1.22. The van der Waals surface area contributed by atoms with Crippen LogP contribution in [0.2, 0.25) is 5.15 Å². The van der Waals surface area contributed by atoms with Gasteiger partial charge in [0.2, 0.25) is 0 Å². The first-order valence-electron chi connectivity index (χ1n) is 4.46. The molecule has 4 nitrogen and oxygen atoms in total. The van der Waals surface area contributed by atoms with Gasteiger partial charge < -0.3 is 4.74 Å². The number of rotatable bonds is 3. The molecule has 1 rings (SSSR count). The van der Waals surface area contributed by atoms with Crippen LogP contribution in [0.4, 0.5) is 0 Å². The molecule has 5 heteroatoms. The van der Waals surface area contributed by atoms with Gasteiger partial charge >= 0.3 is 5.97 Å². The zero-order chi connectivity index (χ0) is 12.0. The standard InChI is InChI=1S/C11H9ClN2O2/c1-16-11(15)9-6-8(4-2-3-5-13)10(12)14-7-9/h2,4,6-7H,3H2,1H3. The van der Waals surface area contributed by atoms with Crippen molar-refractivity contribution in [1.82, 2.24) is 4.98 Å². The largest absolute Gasteiger partial charge is 0.465 e. The SMILES string of the molecule is COC(=O)c1cnc(Cl)c(C=CCC#N)c1. The molecule has 0 N–H and O–H groups in total. The Morgan fingerprint density at radius 3 is 3.12 bits per heavy atom. The molecule has 0 spiro atoms. The van der Waals surface area contributed by atoms with Gasteiger partial charge in [0.1, 0.15) is 5.15 Å². The van der Waals surface area contributed by atoms with Gasteiger partial charge in [0.25, 0.3) is 0 Å². The number of methoxy groups -OCH3 is 1. The molecule has 0 aromatic carbocycles. The Morgan fingerprint density at radius 2 is 2.50 bits per heavy atom. The van der Waals surface area contributed by atoms with Crippen molar-refractivity contribution < 1.29 is 9.53 Å². The lowest BCUT2D eigenvalue weighted by molar-refractivity contribution is 0.0600. The number of esters is 1. The summed E-state index contributed by atoms with van der Waals surface area (Å²) >= 11 is 5.83. The van der Waals surface area contributed by atoms with Gasteiger partial charge in [0, 0.05) is 11.8 Å². The summed E-state index contributed by atoms with van der Waals surface area (Å²) < 4.78 is 4.56. The lowest BCUT2D eigenvalue weighted by Gasteiger charge is -2.01. The minimum Gasteiger partial charge on any atom is -0.465 e. The molecule has 0 unspecified atom stereocenters. The van der Waals surface area contributed by atoms with Crippen molar-refractivity contribution in [3.63, 3.8) is 0 Å². The average molecular weight is 237 g/mol. The van der Waals surface area contributed by atoms with E-state index in [0.717, 1.165) is 0 Å². The number of hydrogen-bond acceptors (Lipinski definition) is 4. The molecule has 1 aromatic rings. The number of nitrogens with zero attached hydrogens (tertiary/aromatic N) is 2. The van der Waals surface area contributed by atoms with E-state index >= 15 is 0 Å². The molecule has 82 valence electrons. The third kappa shape index (κ3) is 3.07. The van der Waals surface area contributed by atoms with E-state index in [1.165, 1.54) is 13.3 Å². The second-order valence-corrected chi connectivity index (χ2v) is 3.22. The van der Waals surface area contributed by atoms with Crippen LogP contribution < -0.4 is 0 Å². The fraction of sp³-hybridized carbons (Fsp3) is 0.182. The molecule has 0 bridgehead atoms. The minimum atomic E-state index is -0.473. The van der Waals surface area contributed by atoms with E-state index in [2.05, 4.69) is 9.72 Å². The fourth-order valence-electron chi connectivity index (χ4n) is 1.05. The summed E-state index contributed by atoms with van der Waals surface area (Å²) in [6, 6.07) is 3.53. The van der Waals surface area contributed by atoms with Crippen molar-refractivity contribution in [3.8, 4) is 6.07 Å². The molecule has 0 saturated heterocycles. The average Bonchev–Trinajstić information content (AvgIpc) is 2.31. The Kier molecular flexibility index (Phi) is 4.49. The highest BCUT2D eigenvalue weighted by Gasteiger charge is 2.08. The summed E-state index contributed by atoms with van der Waals surface area (Å²) in [5.74, 6) is -0.473. The smallest absolute Gasteiger partial charge is 0.339 e. The number of carbonyl (C=O) groups is 1. The van der Waals surface area contributed by atoms with Crippen LogP contribution in [0.3, 0.4) is 0 Å². The molecule has 0 atom stereocenters. The zero-order valence-electron chi connectivity index (χ0n) is 8.61. The first kappa shape index (κ1) is 12.2. The van der Waals surface area contributed by atoms with E-state index in [0.29, 0.717) is 11.1 Å². The van der Waals surface area contributed by atoms with Gasteiger partial charge in [0.15, 0.2) is 0 Å². The Bertz CT molecular complexity index is 464. The van der Waals surface area contributed by atoms with Gasteiger partial charge in [-0.2, -0.15) is 5.26 Å². The molecule has 1 heterocycles. The van der Waals surface area contributed by atoms with E-state index in [1.807, 2.05) is 6.07 Å².